The number of hydrogen-bond acceptors (Lipinski definition) is 4. The average molecular weight is 426 g/mol. The van der Waals surface area contributed by atoms with Crippen LogP contribution in [-0.4, -0.2) is 34.8 Å². The van der Waals surface area contributed by atoms with Gasteiger partial charge in [0.15, 0.2) is 0 Å². The first-order valence-electron chi connectivity index (χ1n) is 10.1. The van der Waals surface area contributed by atoms with Crippen LogP contribution in [0.1, 0.15) is 48.4 Å². The van der Waals surface area contributed by atoms with E-state index < -0.39 is 17.7 Å². The van der Waals surface area contributed by atoms with E-state index in [1.54, 1.807) is 42.3 Å². The van der Waals surface area contributed by atoms with Gasteiger partial charge in [0.05, 0.1) is 18.7 Å². The molecule has 0 spiro atoms. The first-order chi connectivity index (χ1) is 14.4. The van der Waals surface area contributed by atoms with Crippen molar-refractivity contribution >= 4 is 29.1 Å². The summed E-state index contributed by atoms with van der Waals surface area (Å²) in [5.41, 5.74) is 2.16. The zero-order valence-electron chi connectivity index (χ0n) is 17.0. The van der Waals surface area contributed by atoms with Gasteiger partial charge in [0.25, 0.3) is 11.7 Å². The minimum Gasteiger partial charge on any atom is -0.507 e. The summed E-state index contributed by atoms with van der Waals surface area (Å²) < 4.78 is 5.24. The Morgan fingerprint density at radius 3 is 2.37 bits per heavy atom. The molecule has 156 valence electrons. The Balaban J connectivity index is 1.89. The number of nitrogens with zero attached hydrogens (tertiary/aromatic N) is 1. The standard InChI is InChI=1S/C24H24ClNO4/c1-14-13-18(30-2)11-12-19(14)22(27)20-21(15-7-9-16(25)10-8-15)26(24(29)23(20)28)17-5-3-4-6-17/h7-13,17,21,27H,3-6H2,1-2H3/b22-20-. The maximum Gasteiger partial charge on any atom is 0.295 e. The highest BCUT2D eigenvalue weighted by molar-refractivity contribution is 6.46. The van der Waals surface area contributed by atoms with Gasteiger partial charge in [-0.15, -0.1) is 0 Å². The van der Waals surface area contributed by atoms with Crippen molar-refractivity contribution in [2.24, 2.45) is 0 Å². The molecule has 1 atom stereocenters. The topological polar surface area (TPSA) is 66.8 Å². The molecule has 1 saturated heterocycles. The van der Waals surface area contributed by atoms with Crippen LogP contribution < -0.4 is 4.74 Å². The molecule has 2 fully saturated rings. The van der Waals surface area contributed by atoms with E-state index >= 15 is 0 Å². The molecule has 1 unspecified atom stereocenters. The van der Waals surface area contributed by atoms with Gasteiger partial charge in [0.1, 0.15) is 11.5 Å². The highest BCUT2D eigenvalue weighted by atomic mass is 35.5. The van der Waals surface area contributed by atoms with Crippen LogP contribution in [0.25, 0.3) is 5.76 Å². The molecule has 2 aromatic rings. The average Bonchev–Trinajstić information content (AvgIpc) is 3.35. The Labute approximate surface area is 180 Å². The predicted octanol–water partition coefficient (Wildman–Crippen LogP) is 5.02. The Kier molecular flexibility index (Phi) is 5.56. The summed E-state index contributed by atoms with van der Waals surface area (Å²) in [4.78, 5) is 27.8. The summed E-state index contributed by atoms with van der Waals surface area (Å²) in [6.45, 7) is 1.84. The first-order valence-corrected chi connectivity index (χ1v) is 10.5. The third kappa shape index (κ3) is 3.47. The van der Waals surface area contributed by atoms with Crippen LogP contribution in [0.15, 0.2) is 48.0 Å². The third-order valence-corrected chi connectivity index (χ3v) is 6.32. The van der Waals surface area contributed by atoms with Crippen molar-refractivity contribution in [2.45, 2.75) is 44.7 Å². The molecule has 4 rings (SSSR count). The normalized spacial score (nSPS) is 21.4. The van der Waals surface area contributed by atoms with E-state index in [0.717, 1.165) is 36.8 Å². The predicted molar refractivity (Wildman–Crippen MR) is 116 cm³/mol. The van der Waals surface area contributed by atoms with Gasteiger partial charge in [-0.1, -0.05) is 36.6 Å². The number of benzene rings is 2. The van der Waals surface area contributed by atoms with Gasteiger partial charge < -0.3 is 14.7 Å². The van der Waals surface area contributed by atoms with Crippen LogP contribution in [0.5, 0.6) is 5.75 Å². The first kappa shape index (κ1) is 20.5. The number of aliphatic hydroxyl groups is 1. The number of carbonyl (C=O) groups is 2. The Morgan fingerprint density at radius 1 is 1.10 bits per heavy atom. The summed E-state index contributed by atoms with van der Waals surface area (Å²) in [6, 6.07) is 11.7. The Morgan fingerprint density at radius 2 is 1.77 bits per heavy atom. The maximum absolute atomic E-state index is 13.1. The number of Topliss-reactive ketones (excluding diaryl/α,β-unsaturated/α-hetero) is 1. The second-order valence-corrected chi connectivity index (χ2v) is 8.31. The molecule has 1 saturated carbocycles. The van der Waals surface area contributed by atoms with Crippen molar-refractivity contribution in [2.75, 3.05) is 7.11 Å². The molecule has 1 amide bonds. The van der Waals surface area contributed by atoms with Gasteiger partial charge in [-0.05, 0) is 61.2 Å². The fourth-order valence-electron chi connectivity index (χ4n) is 4.56. The number of hydrogen-bond donors (Lipinski definition) is 1. The van der Waals surface area contributed by atoms with Crippen LogP contribution >= 0.6 is 11.6 Å². The van der Waals surface area contributed by atoms with Crippen molar-refractivity contribution in [3.63, 3.8) is 0 Å². The number of carbonyl (C=O) groups excluding carboxylic acids is 2. The zero-order chi connectivity index (χ0) is 21.4. The van der Waals surface area contributed by atoms with Crippen molar-refractivity contribution < 1.29 is 19.4 Å². The van der Waals surface area contributed by atoms with Crippen LogP contribution in [0.4, 0.5) is 0 Å². The van der Waals surface area contributed by atoms with Crippen LogP contribution in [-0.2, 0) is 9.59 Å². The van der Waals surface area contributed by atoms with Gasteiger partial charge in [-0.2, -0.15) is 0 Å². The molecule has 1 aliphatic heterocycles. The number of likely N-dealkylation sites (tertiary alicyclic amines) is 1. The lowest BCUT2D eigenvalue weighted by Gasteiger charge is -2.30. The molecule has 0 aromatic heterocycles. The minimum atomic E-state index is -0.644. The largest absolute Gasteiger partial charge is 0.507 e. The summed E-state index contributed by atoms with van der Waals surface area (Å²) >= 11 is 6.06. The number of amides is 1. The Hall–Kier alpha value is -2.79. The molecule has 0 radical (unpaired) electrons. The van der Waals surface area contributed by atoms with Gasteiger partial charge >= 0.3 is 0 Å². The number of halogens is 1. The summed E-state index contributed by atoms with van der Waals surface area (Å²) in [5, 5.41) is 11.8. The molecule has 5 nitrogen and oxygen atoms in total. The van der Waals surface area contributed by atoms with E-state index in [2.05, 4.69) is 0 Å². The number of rotatable bonds is 4. The highest BCUT2D eigenvalue weighted by Crippen LogP contribution is 2.44. The fourth-order valence-corrected chi connectivity index (χ4v) is 4.68. The van der Waals surface area contributed by atoms with Crippen molar-refractivity contribution in [3.8, 4) is 5.75 Å². The molecule has 1 aliphatic carbocycles. The van der Waals surface area contributed by atoms with Crippen LogP contribution in [0.2, 0.25) is 5.02 Å². The number of aryl methyl sites for hydroxylation is 1. The second kappa shape index (κ2) is 8.15. The lowest BCUT2D eigenvalue weighted by Crippen LogP contribution is -2.37. The quantitative estimate of drug-likeness (QED) is 0.424. The lowest BCUT2D eigenvalue weighted by molar-refractivity contribution is -0.141. The number of ether oxygens (including phenoxy) is 1. The van der Waals surface area contributed by atoms with E-state index in [1.807, 2.05) is 19.1 Å². The second-order valence-electron chi connectivity index (χ2n) is 7.88. The maximum atomic E-state index is 13.1. The van der Waals surface area contributed by atoms with Gasteiger partial charge in [0.2, 0.25) is 0 Å². The lowest BCUT2D eigenvalue weighted by atomic mass is 9.93. The molecular formula is C24H24ClNO4. The molecule has 0 bridgehead atoms. The van der Waals surface area contributed by atoms with Crippen molar-refractivity contribution in [3.05, 3.63) is 69.8 Å². The monoisotopic (exact) mass is 425 g/mol. The zero-order valence-corrected chi connectivity index (χ0v) is 17.8. The third-order valence-electron chi connectivity index (χ3n) is 6.07. The van der Waals surface area contributed by atoms with Gasteiger partial charge in [0, 0.05) is 16.6 Å². The molecule has 1 heterocycles. The summed E-state index contributed by atoms with van der Waals surface area (Å²) in [6.07, 6.45) is 3.77. The number of ketones is 1. The SMILES string of the molecule is COc1ccc(/C(O)=C2/C(=O)C(=O)N(C3CCCC3)C2c2ccc(Cl)cc2)c(C)c1. The van der Waals surface area contributed by atoms with E-state index in [9.17, 15) is 14.7 Å². The molecule has 2 aliphatic rings. The highest BCUT2D eigenvalue weighted by Gasteiger charge is 2.49. The van der Waals surface area contributed by atoms with Crippen LogP contribution in [0, 0.1) is 6.92 Å². The van der Waals surface area contributed by atoms with E-state index in [4.69, 9.17) is 16.3 Å². The van der Waals surface area contributed by atoms with Crippen LogP contribution in [0.3, 0.4) is 0 Å². The number of methoxy groups -OCH3 is 1. The van der Waals surface area contributed by atoms with Gasteiger partial charge in [-0.3, -0.25) is 9.59 Å². The summed E-state index contributed by atoms with van der Waals surface area (Å²) in [7, 11) is 1.57. The molecule has 6 heteroatoms. The van der Waals surface area contributed by atoms with Crippen molar-refractivity contribution in [1.29, 1.82) is 0 Å². The summed E-state index contributed by atoms with van der Waals surface area (Å²) in [5.74, 6) is -0.692. The molecule has 30 heavy (non-hydrogen) atoms. The minimum absolute atomic E-state index is 0.00982. The van der Waals surface area contributed by atoms with Crippen molar-refractivity contribution in [1.82, 2.24) is 4.90 Å². The smallest absolute Gasteiger partial charge is 0.295 e. The van der Waals surface area contributed by atoms with Gasteiger partial charge in [-0.25, -0.2) is 0 Å². The van der Waals surface area contributed by atoms with E-state index in [-0.39, 0.29) is 17.4 Å². The Bertz CT molecular complexity index is 1020. The number of aliphatic hydroxyl groups excluding tert-OH is 1. The fraction of sp³-hybridized carbons (Fsp3) is 0.333. The van der Waals surface area contributed by atoms with E-state index in [0.29, 0.717) is 16.3 Å². The molecule has 2 aromatic carbocycles. The van der Waals surface area contributed by atoms with E-state index in [1.165, 1.54) is 0 Å². The molecular weight excluding hydrogens is 402 g/mol. The molecule has 1 N–H and O–H groups in total.